The maximum atomic E-state index is 12.4. The molecule has 0 aromatic rings. The van der Waals surface area contributed by atoms with Gasteiger partial charge in [-0.2, -0.15) is 0 Å². The molecule has 0 aromatic heterocycles. The van der Waals surface area contributed by atoms with Crippen molar-refractivity contribution >= 4 is 17.7 Å². The van der Waals surface area contributed by atoms with Crippen molar-refractivity contribution in [2.75, 3.05) is 6.54 Å². The van der Waals surface area contributed by atoms with Gasteiger partial charge in [-0.1, -0.05) is 20.8 Å². The van der Waals surface area contributed by atoms with E-state index in [1.165, 1.54) is 4.90 Å². The van der Waals surface area contributed by atoms with Crippen molar-refractivity contribution in [1.82, 2.24) is 4.90 Å². The maximum absolute atomic E-state index is 12.4. The van der Waals surface area contributed by atoms with Crippen molar-refractivity contribution in [3.05, 3.63) is 0 Å². The fourth-order valence-corrected chi connectivity index (χ4v) is 2.86. The summed E-state index contributed by atoms with van der Waals surface area (Å²) < 4.78 is 0. The van der Waals surface area contributed by atoms with Gasteiger partial charge in [-0.15, -0.1) is 0 Å². The zero-order valence-corrected chi connectivity index (χ0v) is 11.9. The largest absolute Gasteiger partial charge is 0.480 e. The lowest BCUT2D eigenvalue weighted by molar-refractivity contribution is -0.155. The van der Waals surface area contributed by atoms with E-state index in [1.54, 1.807) is 0 Å². The van der Waals surface area contributed by atoms with Crippen LogP contribution in [0.3, 0.4) is 0 Å². The SMILES string of the molecule is CCC(CC)(CC)C(=O)C(=O)N1CCC[C@H]1C(=O)O. The number of hydrogen-bond donors (Lipinski definition) is 1. The Hall–Kier alpha value is -1.39. The highest BCUT2D eigenvalue weighted by molar-refractivity contribution is 6.38. The minimum Gasteiger partial charge on any atom is -0.480 e. The second kappa shape index (κ2) is 6.17. The third-order valence-electron chi connectivity index (χ3n) is 4.50. The average molecular weight is 269 g/mol. The fourth-order valence-electron chi connectivity index (χ4n) is 2.86. The number of carbonyl (C=O) groups is 3. The Bertz CT molecular complexity index is 365. The Kier molecular flexibility index (Phi) is 5.09. The van der Waals surface area contributed by atoms with Crippen LogP contribution in [0.4, 0.5) is 0 Å². The third-order valence-corrected chi connectivity index (χ3v) is 4.50. The summed E-state index contributed by atoms with van der Waals surface area (Å²) in [4.78, 5) is 37.1. The summed E-state index contributed by atoms with van der Waals surface area (Å²) in [5.41, 5.74) is -0.636. The molecule has 1 aliphatic rings. The normalized spacial score (nSPS) is 19.5. The number of likely N-dealkylation sites (tertiary alicyclic amines) is 1. The summed E-state index contributed by atoms with van der Waals surface area (Å²) in [6.45, 7) is 6.07. The van der Waals surface area contributed by atoms with Crippen LogP contribution in [0.5, 0.6) is 0 Å². The van der Waals surface area contributed by atoms with E-state index in [9.17, 15) is 14.4 Å². The predicted molar refractivity (Wildman–Crippen MR) is 70.7 cm³/mol. The summed E-state index contributed by atoms with van der Waals surface area (Å²) in [6, 6.07) is -0.834. The van der Waals surface area contributed by atoms with Crippen LogP contribution in [-0.2, 0) is 14.4 Å². The monoisotopic (exact) mass is 269 g/mol. The van der Waals surface area contributed by atoms with Crippen molar-refractivity contribution in [3.63, 3.8) is 0 Å². The molecule has 1 N–H and O–H groups in total. The molecule has 0 spiro atoms. The topological polar surface area (TPSA) is 74.7 Å². The third kappa shape index (κ3) is 2.80. The number of hydrogen-bond acceptors (Lipinski definition) is 3. The van der Waals surface area contributed by atoms with Crippen LogP contribution in [0.1, 0.15) is 52.9 Å². The molecule has 0 aromatic carbocycles. The van der Waals surface area contributed by atoms with E-state index in [2.05, 4.69) is 0 Å². The van der Waals surface area contributed by atoms with Crippen LogP contribution in [0.25, 0.3) is 0 Å². The number of nitrogens with zero attached hydrogens (tertiary/aromatic N) is 1. The van der Waals surface area contributed by atoms with Gasteiger partial charge in [0.05, 0.1) is 0 Å². The van der Waals surface area contributed by atoms with Gasteiger partial charge in [0.15, 0.2) is 0 Å². The molecule has 1 atom stereocenters. The molecule has 19 heavy (non-hydrogen) atoms. The molecular formula is C14H23NO4. The summed E-state index contributed by atoms with van der Waals surface area (Å²) >= 11 is 0. The molecular weight excluding hydrogens is 246 g/mol. The molecule has 108 valence electrons. The van der Waals surface area contributed by atoms with Crippen LogP contribution in [0, 0.1) is 5.41 Å². The van der Waals surface area contributed by atoms with E-state index < -0.39 is 29.1 Å². The quantitative estimate of drug-likeness (QED) is 0.747. The standard InChI is InChI=1S/C14H23NO4/c1-4-14(5-2,6-3)11(16)12(17)15-9-7-8-10(15)13(18)19/h10H,4-9H2,1-3H3,(H,18,19)/t10-/m0/s1. The zero-order chi connectivity index (χ0) is 14.6. The highest BCUT2D eigenvalue weighted by Crippen LogP contribution is 2.33. The first-order valence-electron chi connectivity index (χ1n) is 7.01. The van der Waals surface area contributed by atoms with Crippen molar-refractivity contribution in [2.45, 2.75) is 58.9 Å². The van der Waals surface area contributed by atoms with Crippen LogP contribution in [-0.4, -0.2) is 40.3 Å². The van der Waals surface area contributed by atoms with Crippen LogP contribution >= 0.6 is 0 Å². The van der Waals surface area contributed by atoms with E-state index in [-0.39, 0.29) is 0 Å². The van der Waals surface area contributed by atoms with Gasteiger partial charge in [-0.3, -0.25) is 9.59 Å². The molecule has 5 heteroatoms. The maximum Gasteiger partial charge on any atom is 0.326 e. The molecule has 1 heterocycles. The van der Waals surface area contributed by atoms with Crippen molar-refractivity contribution < 1.29 is 19.5 Å². The molecule has 1 aliphatic heterocycles. The Morgan fingerprint density at radius 2 is 1.68 bits per heavy atom. The summed E-state index contributed by atoms with van der Waals surface area (Å²) in [7, 11) is 0. The first-order chi connectivity index (χ1) is 8.93. The minimum absolute atomic E-state index is 0.370. The zero-order valence-electron chi connectivity index (χ0n) is 11.9. The molecule has 0 saturated carbocycles. The Balaban J connectivity index is 2.93. The van der Waals surface area contributed by atoms with Gasteiger partial charge in [0.2, 0.25) is 5.78 Å². The predicted octanol–water partition coefficient (Wildman–Crippen LogP) is 1.85. The van der Waals surface area contributed by atoms with Crippen molar-refractivity contribution in [2.24, 2.45) is 5.41 Å². The van der Waals surface area contributed by atoms with Crippen LogP contribution in [0.15, 0.2) is 0 Å². The first kappa shape index (κ1) is 15.7. The first-order valence-corrected chi connectivity index (χ1v) is 7.01. The second-order valence-electron chi connectivity index (χ2n) is 5.16. The number of rotatable bonds is 6. The van der Waals surface area contributed by atoms with Crippen molar-refractivity contribution in [1.29, 1.82) is 0 Å². The number of carboxylic acid groups (broad SMARTS) is 1. The average Bonchev–Trinajstić information content (AvgIpc) is 2.89. The molecule has 0 aliphatic carbocycles. The molecule has 1 rings (SSSR count). The number of aliphatic carboxylic acids is 1. The highest BCUT2D eigenvalue weighted by Gasteiger charge is 2.43. The number of amides is 1. The summed E-state index contributed by atoms with van der Waals surface area (Å²) in [6.07, 6.45) is 2.90. The molecule has 0 radical (unpaired) electrons. The van der Waals surface area contributed by atoms with Gasteiger partial charge in [-0.25, -0.2) is 4.79 Å². The summed E-state index contributed by atoms with van der Waals surface area (Å²) in [5.74, 6) is -2.06. The minimum atomic E-state index is -1.02. The van der Waals surface area contributed by atoms with Crippen LogP contribution in [0.2, 0.25) is 0 Å². The number of Topliss-reactive ketones (excluding diaryl/α,β-unsaturated/α-hetero) is 1. The molecule has 1 saturated heterocycles. The number of carbonyl (C=O) groups excluding carboxylic acids is 2. The van der Waals surface area contributed by atoms with Crippen molar-refractivity contribution in [3.8, 4) is 0 Å². The van der Waals surface area contributed by atoms with Crippen LogP contribution < -0.4 is 0 Å². The van der Waals surface area contributed by atoms with Gasteiger partial charge in [-0.05, 0) is 32.1 Å². The van der Waals surface area contributed by atoms with E-state index in [4.69, 9.17) is 5.11 Å². The number of ketones is 1. The Labute approximate surface area is 114 Å². The van der Waals surface area contributed by atoms with Gasteiger partial charge in [0.1, 0.15) is 6.04 Å². The Morgan fingerprint density at radius 1 is 1.16 bits per heavy atom. The van der Waals surface area contributed by atoms with E-state index in [1.807, 2.05) is 20.8 Å². The molecule has 0 bridgehead atoms. The van der Waals surface area contributed by atoms with E-state index in [0.717, 1.165) is 0 Å². The van der Waals surface area contributed by atoms with Gasteiger partial charge in [0.25, 0.3) is 5.91 Å². The van der Waals surface area contributed by atoms with Gasteiger partial charge in [0, 0.05) is 12.0 Å². The lowest BCUT2D eigenvalue weighted by Gasteiger charge is -2.31. The number of carboxylic acids is 1. The molecule has 1 fully saturated rings. The Morgan fingerprint density at radius 3 is 2.11 bits per heavy atom. The lowest BCUT2D eigenvalue weighted by Crippen LogP contribution is -2.48. The smallest absolute Gasteiger partial charge is 0.326 e. The molecule has 1 amide bonds. The molecule has 0 unspecified atom stereocenters. The molecule has 5 nitrogen and oxygen atoms in total. The highest BCUT2D eigenvalue weighted by atomic mass is 16.4. The summed E-state index contributed by atoms with van der Waals surface area (Å²) in [5, 5.41) is 9.08. The fraction of sp³-hybridized carbons (Fsp3) is 0.786. The second-order valence-corrected chi connectivity index (χ2v) is 5.16. The van der Waals surface area contributed by atoms with E-state index in [0.29, 0.717) is 38.6 Å². The van der Waals surface area contributed by atoms with Gasteiger partial charge >= 0.3 is 5.97 Å². The van der Waals surface area contributed by atoms with Gasteiger partial charge < -0.3 is 10.0 Å². The lowest BCUT2D eigenvalue weighted by atomic mass is 9.75. The van der Waals surface area contributed by atoms with E-state index >= 15 is 0 Å².